The van der Waals surface area contributed by atoms with E-state index in [9.17, 15) is 5.26 Å². The third-order valence-electron chi connectivity index (χ3n) is 3.54. The van der Waals surface area contributed by atoms with E-state index in [-0.39, 0.29) is 11.8 Å². The second kappa shape index (κ2) is 5.33. The lowest BCUT2D eigenvalue weighted by atomic mass is 9.88. The van der Waals surface area contributed by atoms with Gasteiger partial charge in [0, 0.05) is 6.42 Å². The molecule has 3 rings (SSSR count). The molecule has 0 spiro atoms. The minimum absolute atomic E-state index is 0.133. The number of benzene rings is 1. The number of fused-ring (bicyclic) bond motifs is 1. The molecule has 0 radical (unpaired) electrons. The third kappa shape index (κ3) is 2.25. The summed E-state index contributed by atoms with van der Waals surface area (Å²) >= 11 is 0. The fourth-order valence-electron chi connectivity index (χ4n) is 2.59. The average Bonchev–Trinajstić information content (AvgIpc) is 2.89. The first kappa shape index (κ1) is 13.3. The standard InChI is InChI=1S/C16H16N4O/c1-2-6-12-19-14-13(10-7-4-3-5-8-10)11(9-17)15(18)21-16(14)20-12/h3-5,7-8,13H,2,6,18H2,1H3,(H,19,20). The van der Waals surface area contributed by atoms with Gasteiger partial charge in [0.05, 0.1) is 11.6 Å². The van der Waals surface area contributed by atoms with Crippen molar-refractivity contribution in [1.29, 1.82) is 5.26 Å². The summed E-state index contributed by atoms with van der Waals surface area (Å²) < 4.78 is 5.51. The lowest BCUT2D eigenvalue weighted by Crippen LogP contribution is -2.21. The highest BCUT2D eigenvalue weighted by Gasteiger charge is 2.33. The molecular weight excluding hydrogens is 264 g/mol. The summed E-state index contributed by atoms with van der Waals surface area (Å²) in [7, 11) is 0. The molecule has 1 unspecified atom stereocenters. The van der Waals surface area contributed by atoms with E-state index in [1.165, 1.54) is 0 Å². The van der Waals surface area contributed by atoms with E-state index >= 15 is 0 Å². The number of nitriles is 1. The number of hydrogen-bond acceptors (Lipinski definition) is 4. The SMILES string of the molecule is CCCc1nc2c([nH]1)C(c1ccccc1)C(C#N)=C(N)O2. The number of hydrogen-bond donors (Lipinski definition) is 2. The third-order valence-corrected chi connectivity index (χ3v) is 3.54. The number of imidazole rings is 1. The number of allylic oxidation sites excluding steroid dienone is 1. The Labute approximate surface area is 123 Å². The molecule has 21 heavy (non-hydrogen) atoms. The van der Waals surface area contributed by atoms with Gasteiger partial charge in [-0.15, -0.1) is 0 Å². The molecule has 0 fully saturated rings. The normalized spacial score (nSPS) is 17.0. The molecular formula is C16H16N4O. The molecule has 0 bridgehead atoms. The summed E-state index contributed by atoms with van der Waals surface area (Å²) in [5.74, 6) is 1.21. The Hall–Kier alpha value is -2.74. The molecule has 2 heterocycles. The van der Waals surface area contributed by atoms with Gasteiger partial charge in [0.1, 0.15) is 17.5 Å². The van der Waals surface area contributed by atoms with E-state index in [1.807, 2.05) is 30.3 Å². The number of aromatic amines is 1. The average molecular weight is 280 g/mol. The minimum Gasteiger partial charge on any atom is -0.420 e. The van der Waals surface area contributed by atoms with E-state index < -0.39 is 0 Å². The molecule has 3 N–H and O–H groups in total. The number of aryl methyl sites for hydroxylation is 1. The monoisotopic (exact) mass is 280 g/mol. The molecule has 0 saturated heterocycles. The molecule has 106 valence electrons. The summed E-state index contributed by atoms with van der Waals surface area (Å²) in [5, 5.41) is 9.43. The Morgan fingerprint density at radius 1 is 1.38 bits per heavy atom. The van der Waals surface area contributed by atoms with Gasteiger partial charge in [0.25, 0.3) is 0 Å². The fraction of sp³-hybridized carbons (Fsp3) is 0.250. The Bertz CT molecular complexity index is 724. The van der Waals surface area contributed by atoms with Gasteiger partial charge in [0.15, 0.2) is 0 Å². The molecule has 1 atom stereocenters. The number of aromatic nitrogens is 2. The smallest absolute Gasteiger partial charge is 0.243 e. The lowest BCUT2D eigenvalue weighted by molar-refractivity contribution is 0.379. The van der Waals surface area contributed by atoms with Crippen LogP contribution in [0.2, 0.25) is 0 Å². The quantitative estimate of drug-likeness (QED) is 0.904. The van der Waals surface area contributed by atoms with E-state index in [1.54, 1.807) is 0 Å². The van der Waals surface area contributed by atoms with E-state index in [0.29, 0.717) is 11.5 Å². The summed E-state index contributed by atoms with van der Waals surface area (Å²) in [6, 6.07) is 11.9. The zero-order valence-corrected chi connectivity index (χ0v) is 11.8. The molecule has 1 aromatic carbocycles. The van der Waals surface area contributed by atoms with Crippen molar-refractivity contribution in [1.82, 2.24) is 9.97 Å². The van der Waals surface area contributed by atoms with Crippen LogP contribution in [0.15, 0.2) is 41.8 Å². The highest BCUT2D eigenvalue weighted by atomic mass is 16.5. The van der Waals surface area contributed by atoms with Crippen molar-refractivity contribution >= 4 is 0 Å². The first-order chi connectivity index (χ1) is 10.2. The fourth-order valence-corrected chi connectivity index (χ4v) is 2.59. The maximum atomic E-state index is 9.43. The van der Waals surface area contributed by atoms with Gasteiger partial charge in [-0.1, -0.05) is 37.3 Å². The second-order valence-electron chi connectivity index (χ2n) is 4.99. The molecule has 0 aliphatic carbocycles. The molecule has 2 aromatic rings. The second-order valence-corrected chi connectivity index (χ2v) is 4.99. The van der Waals surface area contributed by atoms with Crippen molar-refractivity contribution in [2.24, 2.45) is 5.73 Å². The first-order valence-electron chi connectivity index (χ1n) is 6.96. The molecule has 0 amide bonds. The van der Waals surface area contributed by atoms with Crippen molar-refractivity contribution in [3.63, 3.8) is 0 Å². The summed E-state index contributed by atoms with van der Waals surface area (Å²) in [4.78, 5) is 7.73. The van der Waals surface area contributed by atoms with Crippen molar-refractivity contribution in [2.75, 3.05) is 0 Å². The van der Waals surface area contributed by atoms with Gasteiger partial charge in [-0.3, -0.25) is 0 Å². The van der Waals surface area contributed by atoms with Crippen LogP contribution < -0.4 is 10.5 Å². The number of H-pyrrole nitrogens is 1. The number of rotatable bonds is 3. The van der Waals surface area contributed by atoms with Gasteiger partial charge >= 0.3 is 0 Å². The molecule has 1 aliphatic rings. The zero-order valence-electron chi connectivity index (χ0n) is 11.8. The summed E-state index contributed by atoms with van der Waals surface area (Å²) in [5.41, 5.74) is 8.11. The molecule has 1 aliphatic heterocycles. The van der Waals surface area contributed by atoms with Gasteiger partial charge in [-0.05, 0) is 12.0 Å². The van der Waals surface area contributed by atoms with Gasteiger partial charge in [-0.25, -0.2) is 0 Å². The van der Waals surface area contributed by atoms with E-state index in [2.05, 4.69) is 23.0 Å². The molecule has 5 nitrogen and oxygen atoms in total. The van der Waals surface area contributed by atoms with Crippen molar-refractivity contribution in [3.8, 4) is 11.9 Å². The van der Waals surface area contributed by atoms with Gasteiger partial charge in [-0.2, -0.15) is 10.2 Å². The van der Waals surface area contributed by atoms with Crippen LogP contribution in [0, 0.1) is 11.3 Å². The number of nitrogens with zero attached hydrogens (tertiary/aromatic N) is 2. The Morgan fingerprint density at radius 3 is 2.81 bits per heavy atom. The van der Waals surface area contributed by atoms with Crippen molar-refractivity contribution in [3.05, 3.63) is 58.9 Å². The number of nitrogens with two attached hydrogens (primary N) is 1. The minimum atomic E-state index is -0.252. The van der Waals surface area contributed by atoms with Crippen LogP contribution >= 0.6 is 0 Å². The topological polar surface area (TPSA) is 87.7 Å². The first-order valence-corrected chi connectivity index (χ1v) is 6.96. The van der Waals surface area contributed by atoms with Crippen LogP contribution in [0.3, 0.4) is 0 Å². The predicted molar refractivity (Wildman–Crippen MR) is 78.3 cm³/mol. The van der Waals surface area contributed by atoms with Crippen molar-refractivity contribution < 1.29 is 4.74 Å². The highest BCUT2D eigenvalue weighted by Crippen LogP contribution is 2.40. The van der Waals surface area contributed by atoms with Crippen molar-refractivity contribution in [2.45, 2.75) is 25.7 Å². The number of ether oxygens (including phenoxy) is 1. The zero-order chi connectivity index (χ0) is 14.8. The van der Waals surface area contributed by atoms with Crippen LogP contribution in [0.5, 0.6) is 5.88 Å². The van der Waals surface area contributed by atoms with Crippen LogP contribution in [0.1, 0.15) is 36.3 Å². The Balaban J connectivity index is 2.14. The molecule has 5 heteroatoms. The Kier molecular flexibility index (Phi) is 3.36. The predicted octanol–water partition coefficient (Wildman–Crippen LogP) is 2.58. The van der Waals surface area contributed by atoms with Gasteiger partial charge < -0.3 is 15.5 Å². The summed E-state index contributed by atoms with van der Waals surface area (Å²) in [6.07, 6.45) is 1.82. The van der Waals surface area contributed by atoms with E-state index in [0.717, 1.165) is 29.9 Å². The number of nitrogens with one attached hydrogen (secondary N) is 1. The Morgan fingerprint density at radius 2 is 2.14 bits per heavy atom. The van der Waals surface area contributed by atoms with Crippen LogP contribution in [0.25, 0.3) is 0 Å². The maximum Gasteiger partial charge on any atom is 0.243 e. The van der Waals surface area contributed by atoms with Crippen LogP contribution in [-0.4, -0.2) is 9.97 Å². The maximum absolute atomic E-state index is 9.43. The van der Waals surface area contributed by atoms with E-state index in [4.69, 9.17) is 10.5 Å². The largest absolute Gasteiger partial charge is 0.420 e. The van der Waals surface area contributed by atoms with Gasteiger partial charge in [0.2, 0.25) is 11.8 Å². The van der Waals surface area contributed by atoms with Crippen LogP contribution in [-0.2, 0) is 6.42 Å². The summed E-state index contributed by atoms with van der Waals surface area (Å²) in [6.45, 7) is 2.09. The van der Waals surface area contributed by atoms with Crippen LogP contribution in [0.4, 0.5) is 0 Å². The highest BCUT2D eigenvalue weighted by molar-refractivity contribution is 5.51. The lowest BCUT2D eigenvalue weighted by Gasteiger charge is -2.22. The molecule has 0 saturated carbocycles. The molecule has 1 aromatic heterocycles.